The lowest BCUT2D eigenvalue weighted by atomic mass is 10.1. The van der Waals surface area contributed by atoms with Gasteiger partial charge >= 0.3 is 0 Å². The summed E-state index contributed by atoms with van der Waals surface area (Å²) in [4.78, 5) is 18.7. The van der Waals surface area contributed by atoms with Gasteiger partial charge in [-0.2, -0.15) is 4.99 Å². The van der Waals surface area contributed by atoms with Crippen molar-refractivity contribution in [3.63, 3.8) is 0 Å². The second-order valence-corrected chi connectivity index (χ2v) is 7.52. The Bertz CT molecular complexity index is 936. The molecule has 0 spiro atoms. The molecule has 0 aliphatic rings. The van der Waals surface area contributed by atoms with E-state index in [9.17, 15) is 4.79 Å². The Balaban J connectivity index is 1.96. The second-order valence-electron chi connectivity index (χ2n) is 5.63. The largest absolute Gasteiger partial charge is 0.317 e. The molecule has 1 aromatic heterocycles. The maximum atomic E-state index is 12.4. The molecular weight excluding hydrogens is 336 g/mol. The summed E-state index contributed by atoms with van der Waals surface area (Å²) >= 11 is 3.30. The van der Waals surface area contributed by atoms with Gasteiger partial charge in [-0.25, -0.2) is 0 Å². The number of hydrogen-bond acceptors (Lipinski definition) is 3. The molecule has 3 nitrogen and oxygen atoms in total. The molecule has 0 atom stereocenters. The van der Waals surface area contributed by atoms with Gasteiger partial charge in [0.1, 0.15) is 0 Å². The van der Waals surface area contributed by atoms with E-state index in [0.29, 0.717) is 6.42 Å². The maximum absolute atomic E-state index is 12.4. The van der Waals surface area contributed by atoms with Gasteiger partial charge in [0.2, 0.25) is 0 Å². The number of amides is 1. The number of thioether (sulfide) groups is 1. The molecule has 0 saturated carbocycles. The lowest BCUT2D eigenvalue weighted by Crippen LogP contribution is -2.16. The maximum Gasteiger partial charge on any atom is 0.252 e. The number of thiazole rings is 1. The number of fused-ring (bicyclic) bond motifs is 1. The van der Waals surface area contributed by atoms with E-state index in [2.05, 4.69) is 40.9 Å². The summed E-state index contributed by atoms with van der Waals surface area (Å²) in [6.45, 7) is 4.92. The summed E-state index contributed by atoms with van der Waals surface area (Å²) in [5.41, 5.74) is 3.34. The number of carbonyl (C=O) groups is 1. The molecule has 1 amide bonds. The number of benzene rings is 2. The van der Waals surface area contributed by atoms with Crippen molar-refractivity contribution in [1.82, 2.24) is 4.57 Å². The Morgan fingerprint density at radius 1 is 1.21 bits per heavy atom. The van der Waals surface area contributed by atoms with Crippen LogP contribution in [0.15, 0.2) is 52.4 Å². The molecule has 0 aliphatic heterocycles. The zero-order chi connectivity index (χ0) is 17.1. The first-order valence-corrected chi connectivity index (χ1v) is 9.95. The Morgan fingerprint density at radius 3 is 2.62 bits per heavy atom. The molecule has 0 saturated heterocycles. The van der Waals surface area contributed by atoms with Gasteiger partial charge in [0, 0.05) is 11.4 Å². The van der Waals surface area contributed by atoms with E-state index in [4.69, 9.17) is 0 Å². The highest BCUT2D eigenvalue weighted by atomic mass is 32.2. The highest BCUT2D eigenvalue weighted by molar-refractivity contribution is 7.98. The third-order valence-corrected chi connectivity index (χ3v) is 5.67. The minimum Gasteiger partial charge on any atom is -0.317 e. The molecule has 2 aromatic carbocycles. The van der Waals surface area contributed by atoms with Crippen LogP contribution in [0.3, 0.4) is 0 Å². The molecule has 0 bridgehead atoms. The molecular formula is C19H20N2OS2. The van der Waals surface area contributed by atoms with Crippen LogP contribution < -0.4 is 4.80 Å². The topological polar surface area (TPSA) is 34.4 Å². The van der Waals surface area contributed by atoms with Crippen molar-refractivity contribution in [2.45, 2.75) is 31.7 Å². The molecule has 3 aromatic rings. The predicted octanol–water partition coefficient (Wildman–Crippen LogP) is 4.42. The molecule has 124 valence electrons. The Labute approximate surface area is 150 Å². The minimum atomic E-state index is -0.0994. The van der Waals surface area contributed by atoms with Crippen LogP contribution in [0, 0.1) is 6.92 Å². The van der Waals surface area contributed by atoms with Crippen molar-refractivity contribution >= 4 is 39.2 Å². The lowest BCUT2D eigenvalue weighted by Gasteiger charge is -2.01. The number of hydrogen-bond donors (Lipinski definition) is 0. The Kier molecular flexibility index (Phi) is 5.21. The van der Waals surface area contributed by atoms with E-state index < -0.39 is 0 Å². The summed E-state index contributed by atoms with van der Waals surface area (Å²) in [6, 6.07) is 14.4. The van der Waals surface area contributed by atoms with Crippen molar-refractivity contribution in [3.05, 3.63) is 58.4 Å². The predicted molar refractivity (Wildman–Crippen MR) is 103 cm³/mol. The van der Waals surface area contributed by atoms with Crippen LogP contribution in [0.4, 0.5) is 0 Å². The molecule has 24 heavy (non-hydrogen) atoms. The van der Waals surface area contributed by atoms with E-state index in [0.717, 1.165) is 22.4 Å². The highest BCUT2D eigenvalue weighted by Gasteiger charge is 2.08. The zero-order valence-electron chi connectivity index (χ0n) is 14.1. The summed E-state index contributed by atoms with van der Waals surface area (Å²) in [5.74, 6) is -0.0994. The van der Waals surface area contributed by atoms with Gasteiger partial charge in [0.25, 0.3) is 5.91 Å². The third-order valence-electron chi connectivity index (χ3n) is 3.90. The smallest absolute Gasteiger partial charge is 0.252 e. The average Bonchev–Trinajstić information content (AvgIpc) is 2.92. The van der Waals surface area contributed by atoms with Crippen LogP contribution in [0.1, 0.15) is 18.1 Å². The van der Waals surface area contributed by atoms with Gasteiger partial charge < -0.3 is 4.57 Å². The fourth-order valence-corrected chi connectivity index (χ4v) is 4.26. The molecule has 3 rings (SSSR count). The van der Waals surface area contributed by atoms with E-state index >= 15 is 0 Å². The van der Waals surface area contributed by atoms with Crippen molar-refractivity contribution < 1.29 is 4.79 Å². The quantitative estimate of drug-likeness (QED) is 0.648. The van der Waals surface area contributed by atoms with Gasteiger partial charge in [0.05, 0.1) is 16.6 Å². The fourth-order valence-electron chi connectivity index (χ4n) is 2.60. The van der Waals surface area contributed by atoms with Crippen LogP contribution in [0.25, 0.3) is 10.2 Å². The van der Waals surface area contributed by atoms with Gasteiger partial charge in [-0.3, -0.25) is 4.79 Å². The van der Waals surface area contributed by atoms with Gasteiger partial charge in [-0.15, -0.1) is 11.8 Å². The monoisotopic (exact) mass is 356 g/mol. The Hall–Kier alpha value is -1.85. The fraction of sp³-hybridized carbons (Fsp3) is 0.263. The summed E-state index contributed by atoms with van der Waals surface area (Å²) < 4.78 is 3.28. The summed E-state index contributed by atoms with van der Waals surface area (Å²) in [6.07, 6.45) is 2.41. The molecule has 0 fully saturated rings. The summed E-state index contributed by atoms with van der Waals surface area (Å²) in [5, 5.41) is 0. The summed E-state index contributed by atoms with van der Waals surface area (Å²) in [7, 11) is 0. The molecule has 0 unspecified atom stereocenters. The van der Waals surface area contributed by atoms with Crippen molar-refractivity contribution in [3.8, 4) is 0 Å². The SMILES string of the molecule is CCn1c(=NC(=O)Cc2ccc(C)cc2)sc2cc(SC)ccc21. The van der Waals surface area contributed by atoms with Crippen LogP contribution in [-0.2, 0) is 17.8 Å². The molecule has 0 aliphatic carbocycles. The van der Waals surface area contributed by atoms with Gasteiger partial charge in [-0.1, -0.05) is 41.2 Å². The third kappa shape index (κ3) is 3.62. The molecule has 0 radical (unpaired) electrons. The minimum absolute atomic E-state index is 0.0994. The number of aromatic nitrogens is 1. The van der Waals surface area contributed by atoms with E-state index in [-0.39, 0.29) is 5.91 Å². The van der Waals surface area contributed by atoms with Crippen LogP contribution in [0.2, 0.25) is 0 Å². The van der Waals surface area contributed by atoms with Crippen LogP contribution >= 0.6 is 23.1 Å². The standard InChI is InChI=1S/C19H20N2OS2/c1-4-21-16-10-9-15(23-3)12-17(16)24-19(21)20-18(22)11-14-7-5-13(2)6-8-14/h5-10,12H,4,11H2,1-3H3. The van der Waals surface area contributed by atoms with Crippen LogP contribution in [-0.4, -0.2) is 16.7 Å². The zero-order valence-corrected chi connectivity index (χ0v) is 15.7. The van der Waals surface area contributed by atoms with Gasteiger partial charge in [-0.05, 0) is 43.9 Å². The first kappa shape index (κ1) is 17.0. The highest BCUT2D eigenvalue weighted by Crippen LogP contribution is 2.24. The number of aryl methyl sites for hydroxylation is 2. The van der Waals surface area contributed by atoms with Crippen molar-refractivity contribution in [2.75, 3.05) is 6.26 Å². The number of rotatable bonds is 4. The number of carbonyl (C=O) groups excluding carboxylic acids is 1. The van der Waals surface area contributed by atoms with Crippen molar-refractivity contribution in [2.24, 2.45) is 4.99 Å². The van der Waals surface area contributed by atoms with Crippen molar-refractivity contribution in [1.29, 1.82) is 0 Å². The van der Waals surface area contributed by atoms with E-state index in [1.807, 2.05) is 31.2 Å². The van der Waals surface area contributed by atoms with Crippen LogP contribution in [0.5, 0.6) is 0 Å². The molecule has 0 N–H and O–H groups in total. The number of nitrogens with zero attached hydrogens (tertiary/aromatic N) is 2. The first-order chi connectivity index (χ1) is 11.6. The van der Waals surface area contributed by atoms with E-state index in [1.165, 1.54) is 15.2 Å². The lowest BCUT2D eigenvalue weighted by molar-refractivity contribution is -0.117. The first-order valence-electron chi connectivity index (χ1n) is 7.91. The molecule has 1 heterocycles. The normalized spacial score (nSPS) is 12.0. The molecule has 5 heteroatoms. The second kappa shape index (κ2) is 7.36. The average molecular weight is 357 g/mol. The Morgan fingerprint density at radius 2 is 1.96 bits per heavy atom. The van der Waals surface area contributed by atoms with Gasteiger partial charge in [0.15, 0.2) is 4.80 Å². The van der Waals surface area contributed by atoms with E-state index in [1.54, 1.807) is 23.1 Å².